The van der Waals surface area contributed by atoms with E-state index in [4.69, 9.17) is 28.9 Å². The Morgan fingerprint density at radius 2 is 1.74 bits per heavy atom. The van der Waals surface area contributed by atoms with Crippen LogP contribution in [0, 0.1) is 0 Å². The average Bonchev–Trinajstić information content (AvgIpc) is 2.70. The molecule has 2 aromatic rings. The number of alkyl halides is 3. The van der Waals surface area contributed by atoms with Gasteiger partial charge in [0.2, 0.25) is 0 Å². The average molecular weight is 311 g/mol. The molecule has 0 atom stereocenters. The van der Waals surface area contributed by atoms with E-state index in [0.717, 1.165) is 0 Å². The highest BCUT2D eigenvalue weighted by atomic mass is 35.5. The van der Waals surface area contributed by atoms with Gasteiger partial charge in [-0.25, -0.2) is 4.68 Å². The van der Waals surface area contributed by atoms with Crippen LogP contribution in [0.15, 0.2) is 18.2 Å². The molecule has 0 saturated heterocycles. The van der Waals surface area contributed by atoms with Crippen LogP contribution in [0.3, 0.4) is 0 Å². The van der Waals surface area contributed by atoms with Crippen molar-refractivity contribution < 1.29 is 13.2 Å². The summed E-state index contributed by atoms with van der Waals surface area (Å²) >= 11 is 11.5. The summed E-state index contributed by atoms with van der Waals surface area (Å²) in [7, 11) is 0. The molecule has 0 aliphatic rings. The Balaban J connectivity index is 2.66. The molecule has 0 aliphatic carbocycles. The van der Waals surface area contributed by atoms with E-state index in [1.165, 1.54) is 18.2 Å². The Labute approximate surface area is 115 Å². The van der Waals surface area contributed by atoms with Gasteiger partial charge in [-0.3, -0.25) is 0 Å². The molecule has 0 fully saturated rings. The molecule has 0 bridgehead atoms. The molecule has 1 heterocycles. The molecule has 1 aromatic heterocycles. The van der Waals surface area contributed by atoms with E-state index in [9.17, 15) is 13.2 Å². The summed E-state index contributed by atoms with van der Waals surface area (Å²) in [5, 5.41) is 7.26. The largest absolute Gasteiger partial charge is 0.435 e. The van der Waals surface area contributed by atoms with Gasteiger partial charge in [0, 0.05) is 16.6 Å². The Morgan fingerprint density at radius 3 is 2.21 bits per heavy atom. The molecule has 0 amide bonds. The van der Waals surface area contributed by atoms with Gasteiger partial charge in [0.1, 0.15) is 5.69 Å². The minimum atomic E-state index is -4.63. The maximum Gasteiger partial charge on any atom is 0.435 e. The van der Waals surface area contributed by atoms with Gasteiger partial charge in [-0.05, 0) is 18.2 Å². The minimum absolute atomic E-state index is 0.0667. The normalized spacial score (nSPS) is 11.9. The second-order valence-electron chi connectivity index (χ2n) is 3.63. The number of nitrogens with two attached hydrogens (primary N) is 1. The molecule has 0 unspecified atom stereocenters. The molecule has 4 nitrogen and oxygen atoms in total. The first-order valence-electron chi connectivity index (χ1n) is 5.01. The number of nitrogens with zero attached hydrogens (tertiary/aromatic N) is 3. The van der Waals surface area contributed by atoms with Crippen molar-refractivity contribution in [2.75, 3.05) is 0 Å². The maximum atomic E-state index is 13.0. The minimum Gasteiger partial charge on any atom is -0.325 e. The van der Waals surface area contributed by atoms with Crippen LogP contribution in [0.2, 0.25) is 10.0 Å². The fourth-order valence-corrected chi connectivity index (χ4v) is 2.09. The van der Waals surface area contributed by atoms with E-state index in [1.54, 1.807) is 0 Å². The van der Waals surface area contributed by atoms with Gasteiger partial charge in [0.15, 0.2) is 5.69 Å². The third-order valence-electron chi connectivity index (χ3n) is 2.29. The molecule has 0 saturated carbocycles. The van der Waals surface area contributed by atoms with Crippen LogP contribution in [-0.4, -0.2) is 15.0 Å². The molecule has 1 aromatic carbocycles. The summed E-state index contributed by atoms with van der Waals surface area (Å²) in [6, 6.07) is 4.01. The van der Waals surface area contributed by atoms with Gasteiger partial charge in [-0.15, -0.1) is 5.10 Å². The van der Waals surface area contributed by atoms with Gasteiger partial charge in [0.05, 0.1) is 5.69 Å². The lowest BCUT2D eigenvalue weighted by atomic mass is 10.2. The number of aromatic nitrogens is 3. The van der Waals surface area contributed by atoms with Gasteiger partial charge in [0.25, 0.3) is 0 Å². The van der Waals surface area contributed by atoms with Crippen molar-refractivity contribution in [3.05, 3.63) is 39.6 Å². The lowest BCUT2D eigenvalue weighted by molar-refractivity contribution is -0.143. The highest BCUT2D eigenvalue weighted by molar-refractivity contribution is 6.34. The van der Waals surface area contributed by atoms with Crippen molar-refractivity contribution >= 4 is 23.2 Å². The Bertz CT molecular complexity index is 589. The van der Waals surface area contributed by atoms with Gasteiger partial charge in [-0.1, -0.05) is 28.4 Å². The molecule has 9 heteroatoms. The number of rotatable bonds is 2. The zero-order valence-corrected chi connectivity index (χ0v) is 10.8. The van der Waals surface area contributed by atoms with E-state index >= 15 is 0 Å². The van der Waals surface area contributed by atoms with Crippen molar-refractivity contribution in [3.8, 4) is 5.69 Å². The molecular formula is C10H7Cl2F3N4. The van der Waals surface area contributed by atoms with Gasteiger partial charge >= 0.3 is 6.18 Å². The van der Waals surface area contributed by atoms with E-state index < -0.39 is 11.9 Å². The fourth-order valence-electron chi connectivity index (χ4n) is 1.58. The number of hydrogen-bond acceptors (Lipinski definition) is 3. The van der Waals surface area contributed by atoms with E-state index in [2.05, 4.69) is 10.3 Å². The first-order valence-corrected chi connectivity index (χ1v) is 5.77. The number of benzene rings is 1. The van der Waals surface area contributed by atoms with Crippen LogP contribution < -0.4 is 5.73 Å². The van der Waals surface area contributed by atoms with E-state index in [-0.39, 0.29) is 28.0 Å². The summed E-state index contributed by atoms with van der Waals surface area (Å²) in [5.41, 5.74) is 3.92. The van der Waals surface area contributed by atoms with Crippen LogP contribution >= 0.6 is 23.2 Å². The molecule has 0 spiro atoms. The highest BCUT2D eigenvalue weighted by Gasteiger charge is 2.39. The predicted octanol–water partition coefficient (Wildman–Crippen LogP) is 3.05. The fraction of sp³-hybridized carbons (Fsp3) is 0.200. The van der Waals surface area contributed by atoms with Gasteiger partial charge < -0.3 is 5.73 Å². The van der Waals surface area contributed by atoms with E-state index in [1.807, 2.05) is 0 Å². The summed E-state index contributed by atoms with van der Waals surface area (Å²) < 4.78 is 39.6. The van der Waals surface area contributed by atoms with Gasteiger partial charge in [-0.2, -0.15) is 13.2 Å². The van der Waals surface area contributed by atoms with Crippen LogP contribution in [0.1, 0.15) is 11.4 Å². The third kappa shape index (κ3) is 2.83. The molecule has 0 aliphatic heterocycles. The Kier molecular flexibility index (Phi) is 3.71. The number of hydrogen-bond donors (Lipinski definition) is 1. The smallest absolute Gasteiger partial charge is 0.325 e. The molecule has 2 rings (SSSR count). The van der Waals surface area contributed by atoms with Crippen molar-refractivity contribution in [1.82, 2.24) is 15.0 Å². The molecule has 0 radical (unpaired) electrons. The Morgan fingerprint density at radius 1 is 1.16 bits per heavy atom. The van der Waals surface area contributed by atoms with Crippen LogP contribution in [0.5, 0.6) is 0 Å². The summed E-state index contributed by atoms with van der Waals surface area (Å²) in [5.74, 6) is 0. The molecule has 19 heavy (non-hydrogen) atoms. The Hall–Kier alpha value is -1.31. The lowest BCUT2D eigenvalue weighted by Gasteiger charge is -2.11. The summed E-state index contributed by atoms with van der Waals surface area (Å²) in [6.45, 7) is -0.372. The monoisotopic (exact) mass is 310 g/mol. The zero-order valence-electron chi connectivity index (χ0n) is 9.25. The van der Waals surface area contributed by atoms with Crippen molar-refractivity contribution in [3.63, 3.8) is 0 Å². The molecule has 2 N–H and O–H groups in total. The summed E-state index contributed by atoms with van der Waals surface area (Å²) in [6.07, 6.45) is -4.63. The van der Waals surface area contributed by atoms with Crippen LogP contribution in [0.25, 0.3) is 5.69 Å². The van der Waals surface area contributed by atoms with Crippen molar-refractivity contribution in [1.29, 1.82) is 0 Å². The first-order chi connectivity index (χ1) is 8.82. The quantitative estimate of drug-likeness (QED) is 0.927. The van der Waals surface area contributed by atoms with Crippen LogP contribution in [-0.2, 0) is 12.7 Å². The van der Waals surface area contributed by atoms with Crippen molar-refractivity contribution in [2.45, 2.75) is 12.7 Å². The second-order valence-corrected chi connectivity index (χ2v) is 4.50. The maximum absolute atomic E-state index is 13.0. The van der Waals surface area contributed by atoms with Crippen molar-refractivity contribution in [2.24, 2.45) is 5.73 Å². The predicted molar refractivity (Wildman–Crippen MR) is 64.3 cm³/mol. The number of halogens is 5. The molecule has 102 valence electrons. The second kappa shape index (κ2) is 4.99. The zero-order chi connectivity index (χ0) is 14.2. The third-order valence-corrected chi connectivity index (χ3v) is 2.73. The first kappa shape index (κ1) is 14.1. The standard InChI is InChI=1S/C10H7Cl2F3N4/c11-5-1-6(12)3-7(2-5)19-9(10(13,14)15)8(4-16)17-18-19/h1-3H,4,16H2. The lowest BCUT2D eigenvalue weighted by Crippen LogP contribution is -2.16. The van der Waals surface area contributed by atoms with E-state index in [0.29, 0.717) is 4.68 Å². The highest BCUT2D eigenvalue weighted by Crippen LogP contribution is 2.33. The molecular weight excluding hydrogens is 304 g/mol. The van der Waals surface area contributed by atoms with Crippen LogP contribution in [0.4, 0.5) is 13.2 Å². The SMILES string of the molecule is NCc1nnn(-c2cc(Cl)cc(Cl)c2)c1C(F)(F)F. The summed E-state index contributed by atoms with van der Waals surface area (Å²) in [4.78, 5) is 0. The topological polar surface area (TPSA) is 56.7 Å².